The molecule has 0 bridgehead atoms. The maximum absolute atomic E-state index is 12.7. The summed E-state index contributed by atoms with van der Waals surface area (Å²) in [7, 11) is 0. The van der Waals surface area contributed by atoms with E-state index in [-0.39, 0.29) is 17.1 Å². The van der Waals surface area contributed by atoms with E-state index in [4.69, 9.17) is 27.6 Å². The van der Waals surface area contributed by atoms with Gasteiger partial charge in [-0.05, 0) is 47.7 Å². The third-order valence-corrected chi connectivity index (χ3v) is 5.91. The monoisotopic (exact) mass is 474 g/mol. The lowest BCUT2D eigenvalue weighted by atomic mass is 10.2. The van der Waals surface area contributed by atoms with Gasteiger partial charge in [-0.3, -0.25) is 24.6 Å². The third-order valence-electron chi connectivity index (χ3n) is 4.46. The number of benzene rings is 2. The van der Waals surface area contributed by atoms with Crippen molar-refractivity contribution in [3.8, 4) is 11.3 Å². The SMILES string of the molecule is O=C1SC(=Cc2ccc(-c3ccc(Cl)cc3Cl)o2)C(=O)N1Cc1ccc([N+](=O)[O-])cc1. The first-order chi connectivity index (χ1) is 14.8. The quantitative estimate of drug-likeness (QED) is 0.241. The molecule has 31 heavy (non-hydrogen) atoms. The van der Waals surface area contributed by atoms with Crippen LogP contribution in [-0.2, 0) is 11.3 Å². The number of non-ortho nitro benzene ring substituents is 1. The van der Waals surface area contributed by atoms with Crippen molar-refractivity contribution in [3.05, 3.63) is 91.0 Å². The molecular weight excluding hydrogens is 463 g/mol. The Morgan fingerprint density at radius 2 is 1.81 bits per heavy atom. The number of furan rings is 1. The number of amides is 2. The number of thioether (sulfide) groups is 1. The Balaban J connectivity index is 1.52. The lowest BCUT2D eigenvalue weighted by Crippen LogP contribution is -2.27. The Morgan fingerprint density at radius 1 is 1.06 bits per heavy atom. The summed E-state index contributed by atoms with van der Waals surface area (Å²) in [4.78, 5) is 36.6. The molecule has 1 aliphatic rings. The standard InChI is InChI=1S/C21H12Cl2N2O5S/c22-13-3-7-16(17(23)9-13)18-8-6-15(30-18)10-19-20(26)24(21(27)31-19)11-12-1-4-14(5-2-12)25(28)29/h1-10H,11H2. The van der Waals surface area contributed by atoms with E-state index >= 15 is 0 Å². The van der Waals surface area contributed by atoms with Crippen molar-refractivity contribution in [2.45, 2.75) is 6.54 Å². The van der Waals surface area contributed by atoms with E-state index in [2.05, 4.69) is 0 Å². The molecule has 7 nitrogen and oxygen atoms in total. The minimum atomic E-state index is -0.512. The number of carbonyl (C=O) groups excluding carboxylic acids is 2. The molecule has 0 aliphatic carbocycles. The first kappa shape index (κ1) is 21.2. The topological polar surface area (TPSA) is 93.7 Å². The van der Waals surface area contributed by atoms with E-state index in [0.29, 0.717) is 32.7 Å². The number of nitrogens with zero attached hydrogens (tertiary/aromatic N) is 2. The molecule has 0 radical (unpaired) electrons. The summed E-state index contributed by atoms with van der Waals surface area (Å²) in [6.45, 7) is 0.0176. The van der Waals surface area contributed by atoms with E-state index in [1.54, 1.807) is 30.3 Å². The zero-order valence-corrected chi connectivity index (χ0v) is 17.9. The van der Waals surface area contributed by atoms with Gasteiger partial charge in [-0.1, -0.05) is 35.3 Å². The van der Waals surface area contributed by atoms with Crippen LogP contribution in [0.15, 0.2) is 63.9 Å². The van der Waals surface area contributed by atoms with Gasteiger partial charge in [0.2, 0.25) is 0 Å². The molecule has 2 amide bonds. The number of hydrogen-bond acceptors (Lipinski definition) is 6. The predicted octanol–water partition coefficient (Wildman–Crippen LogP) is 6.40. The van der Waals surface area contributed by atoms with Crippen LogP contribution in [0.5, 0.6) is 0 Å². The van der Waals surface area contributed by atoms with Crippen LogP contribution in [0.4, 0.5) is 10.5 Å². The molecule has 0 saturated carbocycles. The van der Waals surface area contributed by atoms with Gasteiger partial charge in [0, 0.05) is 28.8 Å². The third kappa shape index (κ3) is 4.51. The fourth-order valence-corrected chi connectivity index (χ4v) is 4.26. The van der Waals surface area contributed by atoms with Crippen molar-refractivity contribution >= 4 is 57.9 Å². The zero-order chi connectivity index (χ0) is 22.1. The van der Waals surface area contributed by atoms with Gasteiger partial charge in [0.25, 0.3) is 16.8 Å². The second-order valence-corrected chi connectivity index (χ2v) is 8.35. The molecule has 10 heteroatoms. The van der Waals surface area contributed by atoms with E-state index in [9.17, 15) is 19.7 Å². The van der Waals surface area contributed by atoms with Crippen molar-refractivity contribution in [2.75, 3.05) is 0 Å². The minimum absolute atomic E-state index is 0.0176. The Bertz CT molecular complexity index is 1240. The maximum Gasteiger partial charge on any atom is 0.293 e. The Kier molecular flexibility index (Phi) is 5.86. The Labute approximate surface area is 190 Å². The van der Waals surface area contributed by atoms with Crippen molar-refractivity contribution in [2.24, 2.45) is 0 Å². The van der Waals surface area contributed by atoms with Gasteiger partial charge in [-0.15, -0.1) is 0 Å². The van der Waals surface area contributed by atoms with Gasteiger partial charge < -0.3 is 4.42 Å². The van der Waals surface area contributed by atoms with E-state index < -0.39 is 16.1 Å². The molecule has 1 aliphatic heterocycles. The summed E-state index contributed by atoms with van der Waals surface area (Å²) in [5.41, 5.74) is 1.19. The summed E-state index contributed by atoms with van der Waals surface area (Å²) < 4.78 is 5.76. The largest absolute Gasteiger partial charge is 0.457 e. The van der Waals surface area contributed by atoms with E-state index in [1.165, 1.54) is 30.3 Å². The number of rotatable bonds is 5. The number of nitro benzene ring substituents is 1. The van der Waals surface area contributed by atoms with Gasteiger partial charge in [0.15, 0.2) is 0 Å². The van der Waals surface area contributed by atoms with Crippen LogP contribution in [0.2, 0.25) is 10.0 Å². The van der Waals surface area contributed by atoms with Gasteiger partial charge in [0.1, 0.15) is 11.5 Å². The maximum atomic E-state index is 12.7. The highest BCUT2D eigenvalue weighted by Crippen LogP contribution is 2.36. The van der Waals surface area contributed by atoms with Crippen molar-refractivity contribution < 1.29 is 18.9 Å². The molecule has 0 unspecified atom stereocenters. The summed E-state index contributed by atoms with van der Waals surface area (Å²) >= 11 is 12.9. The normalized spacial score (nSPS) is 15.2. The van der Waals surface area contributed by atoms with Gasteiger partial charge >= 0.3 is 0 Å². The van der Waals surface area contributed by atoms with E-state index in [1.807, 2.05) is 0 Å². The van der Waals surface area contributed by atoms with Crippen LogP contribution in [0.1, 0.15) is 11.3 Å². The molecule has 0 spiro atoms. The van der Waals surface area contributed by atoms with Crippen LogP contribution >= 0.6 is 35.0 Å². The van der Waals surface area contributed by atoms with Crippen LogP contribution in [0, 0.1) is 10.1 Å². The molecule has 0 atom stereocenters. The van der Waals surface area contributed by atoms with Crippen molar-refractivity contribution in [1.29, 1.82) is 0 Å². The molecular formula is C21H12Cl2N2O5S. The van der Waals surface area contributed by atoms with Crippen molar-refractivity contribution in [3.63, 3.8) is 0 Å². The Hall–Kier alpha value is -3.07. The molecule has 1 aromatic heterocycles. The highest BCUT2D eigenvalue weighted by atomic mass is 35.5. The Morgan fingerprint density at radius 3 is 2.48 bits per heavy atom. The molecule has 0 N–H and O–H groups in total. The number of imide groups is 1. The molecule has 156 valence electrons. The van der Waals surface area contributed by atoms with Gasteiger partial charge in [-0.25, -0.2) is 0 Å². The van der Waals surface area contributed by atoms with E-state index in [0.717, 1.165) is 16.7 Å². The van der Waals surface area contributed by atoms with Crippen LogP contribution in [-0.4, -0.2) is 21.0 Å². The summed E-state index contributed by atoms with van der Waals surface area (Å²) in [6.07, 6.45) is 1.49. The summed E-state index contributed by atoms with van der Waals surface area (Å²) in [6, 6.07) is 14.1. The van der Waals surface area contributed by atoms with Gasteiger partial charge in [-0.2, -0.15) is 0 Å². The van der Waals surface area contributed by atoms with Crippen LogP contribution in [0.25, 0.3) is 17.4 Å². The van der Waals surface area contributed by atoms with Gasteiger partial charge in [0.05, 0.1) is 21.4 Å². The summed E-state index contributed by atoms with van der Waals surface area (Å²) in [5.74, 6) is 0.427. The molecule has 2 aromatic carbocycles. The predicted molar refractivity (Wildman–Crippen MR) is 119 cm³/mol. The second kappa shape index (κ2) is 8.58. The number of carbonyl (C=O) groups is 2. The highest BCUT2D eigenvalue weighted by molar-refractivity contribution is 8.18. The first-order valence-corrected chi connectivity index (χ1v) is 10.4. The number of hydrogen-bond donors (Lipinski definition) is 0. The highest BCUT2D eigenvalue weighted by Gasteiger charge is 2.35. The lowest BCUT2D eigenvalue weighted by molar-refractivity contribution is -0.384. The summed E-state index contributed by atoms with van der Waals surface area (Å²) in [5, 5.41) is 11.3. The number of halogens is 2. The zero-order valence-electron chi connectivity index (χ0n) is 15.6. The number of nitro groups is 1. The molecule has 1 saturated heterocycles. The van der Waals surface area contributed by atoms with Crippen molar-refractivity contribution in [1.82, 2.24) is 4.90 Å². The molecule has 1 fully saturated rings. The first-order valence-electron chi connectivity index (χ1n) is 8.86. The average Bonchev–Trinajstić information content (AvgIpc) is 3.28. The second-order valence-electron chi connectivity index (χ2n) is 6.52. The smallest absolute Gasteiger partial charge is 0.293 e. The minimum Gasteiger partial charge on any atom is -0.457 e. The molecule has 4 rings (SSSR count). The average molecular weight is 475 g/mol. The molecule has 2 heterocycles. The lowest BCUT2D eigenvalue weighted by Gasteiger charge is -2.12. The fourth-order valence-electron chi connectivity index (χ4n) is 2.94. The fraction of sp³-hybridized carbons (Fsp3) is 0.0476. The molecule has 3 aromatic rings. The van der Waals surface area contributed by atoms with Crippen LogP contribution < -0.4 is 0 Å². The van der Waals surface area contributed by atoms with Crippen LogP contribution in [0.3, 0.4) is 0 Å².